The fraction of sp³-hybridized carbons (Fsp3) is 0.286. The molecule has 2 rings (SSSR count). The number of hydrogen-bond acceptors (Lipinski definition) is 2. The van der Waals surface area contributed by atoms with E-state index in [0.29, 0.717) is 0 Å². The molecule has 0 atom stereocenters. The lowest BCUT2D eigenvalue weighted by atomic mass is 10.2. The molecule has 0 bridgehead atoms. The summed E-state index contributed by atoms with van der Waals surface area (Å²) in [6.07, 6.45) is 7.38. The van der Waals surface area contributed by atoms with Crippen LogP contribution in [0.15, 0.2) is 49.1 Å². The standard InChI is InChI=1S/C14H18N4.2ClH/c1-5-15-6-2-13(1)11-17-9-10-18-12-14-3-7-16-8-4-14;;/h1-8,17-18H,9-12H2;2*1H. The summed E-state index contributed by atoms with van der Waals surface area (Å²) in [4.78, 5) is 8.02. The molecule has 4 N–H and O–H groups in total. The van der Waals surface area contributed by atoms with E-state index in [4.69, 9.17) is 0 Å². The molecule has 0 aliphatic carbocycles. The fourth-order valence-corrected chi connectivity index (χ4v) is 1.81. The van der Waals surface area contributed by atoms with Crippen LogP contribution in [0, 0.1) is 0 Å². The van der Waals surface area contributed by atoms with Gasteiger partial charge in [-0.25, -0.2) is 0 Å². The van der Waals surface area contributed by atoms with Crippen LogP contribution < -0.4 is 35.4 Å². The van der Waals surface area contributed by atoms with Crippen molar-refractivity contribution >= 4 is 0 Å². The number of nitrogens with zero attached hydrogens (tertiary/aromatic N) is 2. The van der Waals surface area contributed by atoms with Crippen molar-refractivity contribution < 1.29 is 35.4 Å². The highest BCUT2D eigenvalue weighted by Crippen LogP contribution is 1.91. The Morgan fingerprint density at radius 3 is 1.35 bits per heavy atom. The summed E-state index contributed by atoms with van der Waals surface area (Å²) in [6.45, 7) is 4.33. The zero-order valence-corrected chi connectivity index (χ0v) is 12.8. The van der Waals surface area contributed by atoms with Gasteiger partial charge in [0.2, 0.25) is 0 Å². The van der Waals surface area contributed by atoms with Gasteiger partial charge in [0, 0.05) is 35.9 Å². The van der Waals surface area contributed by atoms with E-state index < -0.39 is 0 Å². The number of hydrogen-bond donors (Lipinski definition) is 2. The quantitative estimate of drug-likeness (QED) is 0.499. The van der Waals surface area contributed by atoms with Gasteiger partial charge in [0.05, 0.1) is 0 Å². The molecular weight excluding hydrogens is 295 g/mol. The normalized spacial score (nSPS) is 9.40. The predicted molar refractivity (Wildman–Crippen MR) is 69.5 cm³/mol. The van der Waals surface area contributed by atoms with Gasteiger partial charge in [0.25, 0.3) is 0 Å². The monoisotopic (exact) mass is 314 g/mol. The minimum atomic E-state index is 0. The SMILES string of the molecule is [Cl-].[Cl-].c1cc(C[NH2+]CC[NH2+]Cc2ccncc2)ccn1. The Hall–Kier alpha value is -1.20. The maximum Gasteiger partial charge on any atom is 0.125 e. The van der Waals surface area contributed by atoms with E-state index in [9.17, 15) is 0 Å². The van der Waals surface area contributed by atoms with Crippen molar-refractivity contribution in [2.75, 3.05) is 13.1 Å². The number of nitrogens with two attached hydrogens (primary N) is 2. The smallest absolute Gasteiger partial charge is 0.125 e. The third-order valence-corrected chi connectivity index (χ3v) is 2.83. The maximum absolute atomic E-state index is 4.01. The zero-order valence-electron chi connectivity index (χ0n) is 11.3. The van der Waals surface area contributed by atoms with Gasteiger partial charge in [-0.15, -0.1) is 0 Å². The molecular formula is C14H20Cl2N4. The maximum atomic E-state index is 4.01. The largest absolute Gasteiger partial charge is 1.00 e. The lowest BCUT2D eigenvalue weighted by Crippen LogP contribution is -3.00. The highest BCUT2D eigenvalue weighted by molar-refractivity contribution is 5.07. The fourth-order valence-electron chi connectivity index (χ4n) is 1.81. The average molecular weight is 315 g/mol. The van der Waals surface area contributed by atoms with Crippen molar-refractivity contribution in [2.45, 2.75) is 13.1 Å². The van der Waals surface area contributed by atoms with Crippen molar-refractivity contribution in [3.63, 3.8) is 0 Å². The summed E-state index contributed by atoms with van der Waals surface area (Å²) < 4.78 is 0. The summed E-state index contributed by atoms with van der Waals surface area (Å²) in [5.41, 5.74) is 2.67. The molecule has 0 amide bonds. The lowest BCUT2D eigenvalue weighted by molar-refractivity contribution is -0.738. The number of aromatic nitrogens is 2. The van der Waals surface area contributed by atoms with E-state index in [0.717, 1.165) is 26.2 Å². The second kappa shape index (κ2) is 11.6. The van der Waals surface area contributed by atoms with Crippen molar-refractivity contribution in [1.29, 1.82) is 0 Å². The van der Waals surface area contributed by atoms with E-state index in [2.05, 4.69) is 44.9 Å². The molecule has 0 radical (unpaired) electrons. The Morgan fingerprint density at radius 1 is 0.650 bits per heavy atom. The van der Waals surface area contributed by atoms with Crippen molar-refractivity contribution in [1.82, 2.24) is 9.97 Å². The number of halogens is 2. The van der Waals surface area contributed by atoms with Crippen LogP contribution in [0.1, 0.15) is 11.1 Å². The van der Waals surface area contributed by atoms with Crippen molar-refractivity contribution in [3.8, 4) is 0 Å². The molecule has 110 valence electrons. The molecule has 6 heteroatoms. The average Bonchev–Trinajstić information content (AvgIpc) is 2.45. The third kappa shape index (κ3) is 7.40. The molecule has 2 heterocycles. The first-order chi connectivity index (χ1) is 8.95. The van der Waals surface area contributed by atoms with Crippen LogP contribution in [-0.2, 0) is 13.1 Å². The van der Waals surface area contributed by atoms with Crippen LogP contribution in [0.4, 0.5) is 0 Å². The van der Waals surface area contributed by atoms with Crippen molar-refractivity contribution in [3.05, 3.63) is 60.2 Å². The van der Waals surface area contributed by atoms with Crippen LogP contribution >= 0.6 is 0 Å². The van der Waals surface area contributed by atoms with Gasteiger partial charge in [-0.1, -0.05) is 0 Å². The third-order valence-electron chi connectivity index (χ3n) is 2.83. The molecule has 0 aliphatic rings. The Bertz CT molecular complexity index is 396. The van der Waals surface area contributed by atoms with Crippen LogP contribution in [0.25, 0.3) is 0 Å². The van der Waals surface area contributed by atoms with E-state index in [-0.39, 0.29) is 24.8 Å². The van der Waals surface area contributed by atoms with Crippen LogP contribution in [-0.4, -0.2) is 23.1 Å². The molecule has 0 spiro atoms. The Morgan fingerprint density at radius 2 is 1.00 bits per heavy atom. The summed E-state index contributed by atoms with van der Waals surface area (Å²) in [6, 6.07) is 8.27. The van der Waals surface area contributed by atoms with E-state index >= 15 is 0 Å². The zero-order chi connectivity index (χ0) is 12.5. The minimum Gasteiger partial charge on any atom is -1.00 e. The van der Waals surface area contributed by atoms with Crippen molar-refractivity contribution in [2.24, 2.45) is 0 Å². The summed E-state index contributed by atoms with van der Waals surface area (Å²) in [5, 5.41) is 4.66. The Labute approximate surface area is 132 Å². The van der Waals surface area contributed by atoms with Crippen LogP contribution in [0.5, 0.6) is 0 Å². The van der Waals surface area contributed by atoms with Gasteiger partial charge in [-0.3, -0.25) is 9.97 Å². The topological polar surface area (TPSA) is 59.0 Å². The molecule has 2 aromatic heterocycles. The number of rotatable bonds is 7. The molecule has 4 nitrogen and oxygen atoms in total. The van der Waals surface area contributed by atoms with Crippen LogP contribution in [0.2, 0.25) is 0 Å². The highest BCUT2D eigenvalue weighted by Gasteiger charge is 1.97. The van der Waals surface area contributed by atoms with Gasteiger partial charge in [-0.2, -0.15) is 0 Å². The van der Waals surface area contributed by atoms with E-state index in [1.165, 1.54) is 11.1 Å². The summed E-state index contributed by atoms with van der Waals surface area (Å²) >= 11 is 0. The number of pyridine rings is 2. The summed E-state index contributed by atoms with van der Waals surface area (Å²) in [7, 11) is 0. The Kier molecular flexibility index (Phi) is 10.9. The predicted octanol–water partition coefficient (Wildman–Crippen LogP) is -6.69. The molecule has 2 aromatic rings. The molecule has 0 aromatic carbocycles. The molecule has 0 fully saturated rings. The number of quaternary nitrogens is 2. The molecule has 0 unspecified atom stereocenters. The first-order valence-electron chi connectivity index (χ1n) is 6.36. The molecule has 0 saturated carbocycles. The first-order valence-corrected chi connectivity index (χ1v) is 6.36. The Balaban J connectivity index is 0.00000180. The van der Waals surface area contributed by atoms with Gasteiger partial charge in [0.15, 0.2) is 0 Å². The minimum absolute atomic E-state index is 0. The highest BCUT2D eigenvalue weighted by atomic mass is 35.5. The summed E-state index contributed by atoms with van der Waals surface area (Å²) in [5.74, 6) is 0. The first kappa shape index (κ1) is 18.8. The molecule has 0 saturated heterocycles. The van der Waals surface area contributed by atoms with Gasteiger partial charge in [-0.05, 0) is 24.3 Å². The van der Waals surface area contributed by atoms with E-state index in [1.54, 1.807) is 0 Å². The lowest BCUT2D eigenvalue weighted by Gasteiger charge is -2.02. The van der Waals surface area contributed by atoms with Crippen LogP contribution in [0.3, 0.4) is 0 Å². The van der Waals surface area contributed by atoms with E-state index in [1.807, 2.05) is 24.8 Å². The van der Waals surface area contributed by atoms with Gasteiger partial charge >= 0.3 is 0 Å². The second-order valence-corrected chi connectivity index (χ2v) is 4.27. The second-order valence-electron chi connectivity index (χ2n) is 4.27. The molecule has 20 heavy (non-hydrogen) atoms. The van der Waals surface area contributed by atoms with Gasteiger partial charge in [0.1, 0.15) is 26.2 Å². The molecule has 0 aliphatic heterocycles. The van der Waals surface area contributed by atoms with Gasteiger partial charge < -0.3 is 35.4 Å².